The van der Waals surface area contributed by atoms with E-state index in [-0.39, 0.29) is 28.9 Å². The Morgan fingerprint density at radius 1 is 0.818 bits per heavy atom. The van der Waals surface area contributed by atoms with Crippen molar-refractivity contribution in [1.29, 1.82) is 0 Å². The number of aromatic nitrogens is 2. The van der Waals surface area contributed by atoms with Crippen molar-refractivity contribution in [2.45, 2.75) is 57.4 Å². The normalized spacial score (nSPS) is 20.1. The molecule has 294 valence electrons. The highest BCUT2D eigenvalue weighted by molar-refractivity contribution is 5.95. The van der Waals surface area contributed by atoms with Crippen LogP contribution in [0.4, 0.5) is 4.39 Å². The first kappa shape index (κ1) is 38.6. The number of halogens is 1. The molecule has 4 heterocycles. The SMILES string of the molecule is O=CNC(C(=O)N1CCN(CC2CCN(CC(=O)N3CCN(C(=O)c4cc(Cc5n[nH]c(=O)c6ccccc56)ccc4F)CC3)CC2)CC1)C1CCCCC1. The summed E-state index contributed by atoms with van der Waals surface area (Å²) in [6.07, 6.45) is 8.47. The van der Waals surface area contributed by atoms with Crippen molar-refractivity contribution in [3.8, 4) is 0 Å². The fourth-order valence-corrected chi connectivity index (χ4v) is 8.96. The molecule has 1 unspecified atom stereocenters. The van der Waals surface area contributed by atoms with E-state index in [1.807, 2.05) is 17.0 Å². The van der Waals surface area contributed by atoms with Crippen LogP contribution in [-0.2, 0) is 20.8 Å². The molecule has 55 heavy (non-hydrogen) atoms. The number of carbonyl (C=O) groups is 4. The minimum atomic E-state index is -0.598. The summed E-state index contributed by atoms with van der Waals surface area (Å²) in [6.45, 7) is 7.54. The molecule has 1 aliphatic carbocycles. The molecule has 4 amide bonds. The molecule has 1 aromatic heterocycles. The van der Waals surface area contributed by atoms with E-state index in [1.54, 1.807) is 34.1 Å². The van der Waals surface area contributed by atoms with Gasteiger partial charge in [0, 0.05) is 70.7 Å². The van der Waals surface area contributed by atoms with Gasteiger partial charge in [-0.2, -0.15) is 5.10 Å². The Morgan fingerprint density at radius 3 is 2.20 bits per heavy atom. The van der Waals surface area contributed by atoms with E-state index in [1.165, 1.54) is 12.5 Å². The molecule has 0 bridgehead atoms. The maximum absolute atomic E-state index is 15.0. The summed E-state index contributed by atoms with van der Waals surface area (Å²) >= 11 is 0. The number of H-pyrrole nitrogens is 1. The first-order valence-corrected chi connectivity index (χ1v) is 20.0. The Morgan fingerprint density at radius 2 is 1.49 bits per heavy atom. The summed E-state index contributed by atoms with van der Waals surface area (Å²) in [4.78, 5) is 73.7. The number of aromatic amines is 1. The fourth-order valence-electron chi connectivity index (χ4n) is 8.96. The monoisotopic (exact) mass is 756 g/mol. The average Bonchev–Trinajstić information content (AvgIpc) is 3.22. The molecule has 1 saturated carbocycles. The number of nitrogens with zero attached hydrogens (tertiary/aromatic N) is 6. The van der Waals surface area contributed by atoms with Crippen LogP contribution >= 0.6 is 0 Å². The molecule has 3 aromatic rings. The van der Waals surface area contributed by atoms with Crippen LogP contribution in [0.1, 0.15) is 66.6 Å². The van der Waals surface area contributed by atoms with Crippen molar-refractivity contribution >= 4 is 34.9 Å². The van der Waals surface area contributed by atoms with Gasteiger partial charge in [0.1, 0.15) is 11.9 Å². The lowest BCUT2D eigenvalue weighted by atomic mass is 9.83. The Bertz CT molecular complexity index is 1890. The van der Waals surface area contributed by atoms with Gasteiger partial charge in [0.05, 0.1) is 23.2 Å². The zero-order chi connectivity index (χ0) is 38.3. The van der Waals surface area contributed by atoms with Crippen LogP contribution in [-0.4, -0.2) is 143 Å². The zero-order valence-electron chi connectivity index (χ0n) is 31.6. The third kappa shape index (κ3) is 9.24. The maximum atomic E-state index is 15.0. The summed E-state index contributed by atoms with van der Waals surface area (Å²) < 4.78 is 15.0. The van der Waals surface area contributed by atoms with Crippen LogP contribution in [0, 0.1) is 17.7 Å². The van der Waals surface area contributed by atoms with Crippen LogP contribution in [0.15, 0.2) is 47.3 Å². The molecule has 2 aromatic carbocycles. The van der Waals surface area contributed by atoms with E-state index < -0.39 is 17.8 Å². The highest BCUT2D eigenvalue weighted by Crippen LogP contribution is 2.28. The Labute approximate surface area is 321 Å². The summed E-state index contributed by atoms with van der Waals surface area (Å²) in [6, 6.07) is 11.3. The first-order chi connectivity index (χ1) is 26.8. The molecule has 4 aliphatic rings. The zero-order valence-corrected chi connectivity index (χ0v) is 31.6. The number of benzene rings is 2. The van der Waals surface area contributed by atoms with E-state index in [0.29, 0.717) is 86.6 Å². The van der Waals surface area contributed by atoms with Gasteiger partial charge < -0.3 is 20.0 Å². The number of hydrogen-bond acceptors (Lipinski definition) is 8. The summed E-state index contributed by atoms with van der Waals surface area (Å²) in [5.41, 5.74) is 1.04. The van der Waals surface area contributed by atoms with Gasteiger partial charge in [-0.05, 0) is 74.4 Å². The molecule has 3 saturated heterocycles. The number of rotatable bonds is 11. The summed E-state index contributed by atoms with van der Waals surface area (Å²) in [5.74, 6) is -0.108. The second-order valence-electron chi connectivity index (χ2n) is 15.7. The molecule has 2 N–H and O–H groups in total. The maximum Gasteiger partial charge on any atom is 0.272 e. The van der Waals surface area contributed by atoms with Gasteiger partial charge in [-0.15, -0.1) is 0 Å². The minimum absolute atomic E-state index is 0.0144. The van der Waals surface area contributed by atoms with E-state index in [0.717, 1.165) is 71.2 Å². The van der Waals surface area contributed by atoms with Gasteiger partial charge in [-0.3, -0.25) is 33.8 Å². The highest BCUT2D eigenvalue weighted by Gasteiger charge is 2.35. The standard InChI is InChI=1S/C41H53FN8O5/c42-35-11-10-30(25-36-32-8-4-5-9-33(32)39(53)45-44-36)24-34(35)40(54)49-22-20-48(21-23-49)37(52)27-46-14-12-29(13-15-46)26-47-16-18-50(19-17-47)41(55)38(43-28-51)31-6-2-1-3-7-31/h4-5,8-11,24,28-29,31,38H,1-3,6-7,12-23,25-27H2,(H,43,51)(H,45,53). The number of nitrogens with one attached hydrogen (secondary N) is 2. The fraction of sp³-hybridized carbons (Fsp3) is 0.561. The number of piperidine rings is 1. The van der Waals surface area contributed by atoms with Gasteiger partial charge in [0.2, 0.25) is 18.2 Å². The number of carbonyl (C=O) groups excluding carboxylic acids is 4. The minimum Gasteiger partial charge on any atom is -0.347 e. The number of amides is 4. The average molecular weight is 757 g/mol. The van der Waals surface area contributed by atoms with E-state index in [9.17, 15) is 28.4 Å². The molecule has 7 rings (SSSR count). The van der Waals surface area contributed by atoms with Crippen molar-refractivity contribution in [3.05, 3.63) is 75.5 Å². The van der Waals surface area contributed by atoms with E-state index in [4.69, 9.17) is 0 Å². The van der Waals surface area contributed by atoms with Crippen molar-refractivity contribution < 1.29 is 23.6 Å². The molecule has 3 aliphatic heterocycles. The van der Waals surface area contributed by atoms with Crippen LogP contribution in [0.3, 0.4) is 0 Å². The second-order valence-corrected chi connectivity index (χ2v) is 15.7. The molecule has 4 fully saturated rings. The van der Waals surface area contributed by atoms with Gasteiger partial charge in [0.15, 0.2) is 0 Å². The van der Waals surface area contributed by atoms with Crippen molar-refractivity contribution in [3.63, 3.8) is 0 Å². The highest BCUT2D eigenvalue weighted by atomic mass is 19.1. The number of likely N-dealkylation sites (tertiary alicyclic amines) is 1. The molecule has 1 atom stereocenters. The van der Waals surface area contributed by atoms with Gasteiger partial charge in [-0.1, -0.05) is 43.5 Å². The molecule has 14 heteroatoms. The predicted molar refractivity (Wildman–Crippen MR) is 206 cm³/mol. The molecule has 13 nitrogen and oxygen atoms in total. The van der Waals surface area contributed by atoms with Crippen LogP contribution < -0.4 is 10.9 Å². The number of fused-ring (bicyclic) bond motifs is 1. The third-order valence-corrected chi connectivity index (χ3v) is 12.2. The molecule has 0 spiro atoms. The van der Waals surface area contributed by atoms with E-state index in [2.05, 4.69) is 25.3 Å². The Balaban J connectivity index is 0.829. The lowest BCUT2D eigenvalue weighted by molar-refractivity contribution is -0.138. The van der Waals surface area contributed by atoms with Crippen molar-refractivity contribution in [1.82, 2.24) is 40.0 Å². The van der Waals surface area contributed by atoms with Crippen LogP contribution in [0.25, 0.3) is 10.8 Å². The second kappa shape index (κ2) is 17.8. The van der Waals surface area contributed by atoms with Crippen LogP contribution in [0.5, 0.6) is 0 Å². The van der Waals surface area contributed by atoms with Gasteiger partial charge in [0.25, 0.3) is 11.5 Å². The van der Waals surface area contributed by atoms with Gasteiger partial charge >= 0.3 is 0 Å². The lowest BCUT2D eigenvalue weighted by Gasteiger charge is -2.41. The number of piperazine rings is 2. The number of hydrogen-bond donors (Lipinski definition) is 2. The summed E-state index contributed by atoms with van der Waals surface area (Å²) in [7, 11) is 0. The quantitative estimate of drug-likeness (QED) is 0.285. The van der Waals surface area contributed by atoms with Crippen molar-refractivity contribution in [2.24, 2.45) is 11.8 Å². The molecular formula is C41H53FN8O5. The molecule has 0 radical (unpaired) electrons. The third-order valence-electron chi connectivity index (χ3n) is 12.2. The van der Waals surface area contributed by atoms with E-state index >= 15 is 0 Å². The lowest BCUT2D eigenvalue weighted by Crippen LogP contribution is -2.56. The van der Waals surface area contributed by atoms with Crippen molar-refractivity contribution in [2.75, 3.05) is 78.5 Å². The largest absolute Gasteiger partial charge is 0.347 e. The topological polar surface area (TPSA) is 142 Å². The first-order valence-electron chi connectivity index (χ1n) is 20.0. The van der Waals surface area contributed by atoms with Gasteiger partial charge in [-0.25, -0.2) is 9.49 Å². The summed E-state index contributed by atoms with van der Waals surface area (Å²) in [5, 5.41) is 10.8. The molecular weight excluding hydrogens is 704 g/mol. The predicted octanol–water partition coefficient (Wildman–Crippen LogP) is 2.49. The Kier molecular flexibility index (Phi) is 12.5. The Hall–Kier alpha value is -4.69. The smallest absolute Gasteiger partial charge is 0.272 e. The van der Waals surface area contributed by atoms with Crippen LogP contribution in [0.2, 0.25) is 0 Å².